The highest BCUT2D eigenvalue weighted by atomic mass is 15.1. The van der Waals surface area contributed by atoms with Crippen LogP contribution in [0.4, 0.5) is 5.69 Å². The predicted molar refractivity (Wildman–Crippen MR) is 70.3 cm³/mol. The Kier molecular flexibility index (Phi) is 3.11. The van der Waals surface area contributed by atoms with E-state index >= 15 is 0 Å². The fourth-order valence-corrected chi connectivity index (χ4v) is 2.04. The van der Waals surface area contributed by atoms with Gasteiger partial charge in [-0.05, 0) is 32.4 Å². The maximum atomic E-state index is 8.99. The number of nitrogens with one attached hydrogen (secondary N) is 2. The van der Waals surface area contributed by atoms with Gasteiger partial charge in [0.25, 0.3) is 0 Å². The van der Waals surface area contributed by atoms with Crippen LogP contribution in [0.3, 0.4) is 0 Å². The van der Waals surface area contributed by atoms with E-state index in [0.717, 1.165) is 28.3 Å². The molecule has 2 aromatic heterocycles. The van der Waals surface area contributed by atoms with Gasteiger partial charge in [-0.15, -0.1) is 0 Å². The van der Waals surface area contributed by atoms with Crippen LogP contribution in [0.1, 0.15) is 28.3 Å². The molecule has 18 heavy (non-hydrogen) atoms. The molecule has 0 saturated carbocycles. The van der Waals surface area contributed by atoms with Gasteiger partial charge < -0.3 is 9.88 Å². The smallest absolute Gasteiger partial charge is 0.120 e. The third-order valence-corrected chi connectivity index (χ3v) is 3.34. The third-order valence-electron chi connectivity index (χ3n) is 3.34. The number of aromatic amines is 1. The molecule has 0 aromatic carbocycles. The zero-order valence-corrected chi connectivity index (χ0v) is 11.1. The summed E-state index contributed by atoms with van der Waals surface area (Å²) in [6, 6.07) is 4.11. The van der Waals surface area contributed by atoms with E-state index in [1.54, 1.807) is 0 Å². The molecule has 0 unspecified atom stereocenters. The van der Waals surface area contributed by atoms with Crippen LogP contribution in [0.5, 0.6) is 0 Å². The molecule has 0 spiro atoms. The number of aromatic nitrogens is 3. The Bertz CT molecular complexity index is 593. The second kappa shape index (κ2) is 4.57. The van der Waals surface area contributed by atoms with Crippen LogP contribution >= 0.6 is 0 Å². The monoisotopic (exact) mass is 243 g/mol. The number of anilines is 1. The van der Waals surface area contributed by atoms with Crippen LogP contribution in [-0.4, -0.2) is 14.8 Å². The summed E-state index contributed by atoms with van der Waals surface area (Å²) >= 11 is 0. The molecule has 0 radical (unpaired) electrons. The molecule has 0 atom stereocenters. The average Bonchev–Trinajstić information content (AvgIpc) is 2.81. The van der Waals surface area contributed by atoms with E-state index in [2.05, 4.69) is 21.6 Å². The van der Waals surface area contributed by atoms with Crippen molar-refractivity contribution in [2.24, 2.45) is 7.05 Å². The van der Waals surface area contributed by atoms with Gasteiger partial charge >= 0.3 is 0 Å². The average molecular weight is 243 g/mol. The number of nitrogens with zero attached hydrogens (tertiary/aromatic N) is 3. The Hall–Kier alpha value is -2.22. The van der Waals surface area contributed by atoms with Crippen molar-refractivity contribution in [2.75, 3.05) is 5.32 Å². The highest BCUT2D eigenvalue weighted by molar-refractivity contribution is 5.52. The lowest BCUT2D eigenvalue weighted by Gasteiger charge is -2.06. The standard InChI is InChI=1S/C13H17N5/c1-8-13(9(2)17-16-8)15-7-11-5-12(6-14)18(4)10(11)3/h5,15H,7H2,1-4H3,(H,16,17). The molecule has 5 nitrogen and oxygen atoms in total. The van der Waals surface area contributed by atoms with Crippen molar-refractivity contribution >= 4 is 5.69 Å². The lowest BCUT2D eigenvalue weighted by molar-refractivity contribution is 0.856. The molecule has 0 aliphatic heterocycles. The summed E-state index contributed by atoms with van der Waals surface area (Å²) in [5.74, 6) is 0. The third kappa shape index (κ3) is 1.97. The Balaban J connectivity index is 2.19. The number of rotatable bonds is 3. The lowest BCUT2D eigenvalue weighted by Crippen LogP contribution is -2.02. The minimum absolute atomic E-state index is 0.685. The number of hydrogen-bond donors (Lipinski definition) is 2. The van der Waals surface area contributed by atoms with Crippen LogP contribution < -0.4 is 5.32 Å². The van der Waals surface area contributed by atoms with E-state index in [1.807, 2.05) is 38.5 Å². The second-order valence-electron chi connectivity index (χ2n) is 4.47. The molecular weight excluding hydrogens is 226 g/mol. The first-order valence-electron chi connectivity index (χ1n) is 5.85. The molecule has 2 rings (SSSR count). The largest absolute Gasteiger partial charge is 0.378 e. The molecule has 0 bridgehead atoms. The van der Waals surface area contributed by atoms with E-state index in [-0.39, 0.29) is 0 Å². The minimum Gasteiger partial charge on any atom is -0.378 e. The molecular formula is C13H17N5. The first-order chi connectivity index (χ1) is 8.54. The van der Waals surface area contributed by atoms with Crippen LogP contribution in [0.15, 0.2) is 6.07 Å². The van der Waals surface area contributed by atoms with Crippen molar-refractivity contribution in [3.63, 3.8) is 0 Å². The molecule has 0 amide bonds. The highest BCUT2D eigenvalue weighted by Gasteiger charge is 2.10. The number of nitriles is 1. The van der Waals surface area contributed by atoms with Crippen molar-refractivity contribution in [3.8, 4) is 6.07 Å². The molecule has 0 aliphatic carbocycles. The first kappa shape index (κ1) is 12.2. The molecule has 2 heterocycles. The summed E-state index contributed by atoms with van der Waals surface area (Å²) < 4.78 is 1.91. The normalized spacial score (nSPS) is 10.4. The van der Waals surface area contributed by atoms with Crippen molar-refractivity contribution < 1.29 is 0 Å². The van der Waals surface area contributed by atoms with Crippen LogP contribution in [-0.2, 0) is 13.6 Å². The second-order valence-corrected chi connectivity index (χ2v) is 4.47. The first-order valence-corrected chi connectivity index (χ1v) is 5.85. The molecule has 0 fully saturated rings. The maximum absolute atomic E-state index is 8.99. The highest BCUT2D eigenvalue weighted by Crippen LogP contribution is 2.19. The molecule has 2 N–H and O–H groups in total. The topological polar surface area (TPSA) is 69.4 Å². The van der Waals surface area contributed by atoms with Crippen molar-refractivity contribution in [1.29, 1.82) is 5.26 Å². The molecule has 5 heteroatoms. The number of hydrogen-bond acceptors (Lipinski definition) is 3. The predicted octanol–water partition coefficient (Wildman–Crippen LogP) is 2.16. The van der Waals surface area contributed by atoms with Gasteiger partial charge in [-0.3, -0.25) is 5.10 Å². The van der Waals surface area contributed by atoms with E-state index < -0.39 is 0 Å². The van der Waals surface area contributed by atoms with Gasteiger partial charge in [0, 0.05) is 19.3 Å². The van der Waals surface area contributed by atoms with Gasteiger partial charge in [0.05, 0.1) is 17.1 Å². The quantitative estimate of drug-likeness (QED) is 0.867. The van der Waals surface area contributed by atoms with E-state index in [0.29, 0.717) is 12.2 Å². The Morgan fingerprint density at radius 1 is 1.44 bits per heavy atom. The summed E-state index contributed by atoms with van der Waals surface area (Å²) in [5.41, 5.74) is 5.96. The lowest BCUT2D eigenvalue weighted by atomic mass is 10.2. The summed E-state index contributed by atoms with van der Waals surface area (Å²) in [6.07, 6.45) is 0. The van der Waals surface area contributed by atoms with E-state index in [9.17, 15) is 0 Å². The fourth-order valence-electron chi connectivity index (χ4n) is 2.04. The van der Waals surface area contributed by atoms with Gasteiger partial charge in [-0.25, -0.2) is 0 Å². The minimum atomic E-state index is 0.685. The Morgan fingerprint density at radius 2 is 2.17 bits per heavy atom. The van der Waals surface area contributed by atoms with Crippen LogP contribution in [0.2, 0.25) is 0 Å². The van der Waals surface area contributed by atoms with Crippen molar-refractivity contribution in [1.82, 2.24) is 14.8 Å². The number of aryl methyl sites for hydroxylation is 2. The Morgan fingerprint density at radius 3 is 2.67 bits per heavy atom. The van der Waals surface area contributed by atoms with Crippen molar-refractivity contribution in [2.45, 2.75) is 27.3 Å². The van der Waals surface area contributed by atoms with Gasteiger partial charge in [0.2, 0.25) is 0 Å². The molecule has 0 saturated heterocycles. The van der Waals surface area contributed by atoms with Crippen molar-refractivity contribution in [3.05, 3.63) is 34.4 Å². The zero-order chi connectivity index (χ0) is 13.3. The van der Waals surface area contributed by atoms with Crippen LogP contribution in [0, 0.1) is 32.1 Å². The van der Waals surface area contributed by atoms with E-state index in [1.165, 1.54) is 0 Å². The van der Waals surface area contributed by atoms with E-state index in [4.69, 9.17) is 5.26 Å². The van der Waals surface area contributed by atoms with Crippen LogP contribution in [0.25, 0.3) is 0 Å². The van der Waals surface area contributed by atoms with Gasteiger partial charge in [-0.1, -0.05) is 0 Å². The maximum Gasteiger partial charge on any atom is 0.120 e. The van der Waals surface area contributed by atoms with Gasteiger partial charge in [0.1, 0.15) is 11.8 Å². The summed E-state index contributed by atoms with van der Waals surface area (Å²) in [4.78, 5) is 0. The molecule has 0 aliphatic rings. The zero-order valence-electron chi connectivity index (χ0n) is 11.1. The summed E-state index contributed by atoms with van der Waals surface area (Å²) in [7, 11) is 1.91. The fraction of sp³-hybridized carbons (Fsp3) is 0.385. The van der Waals surface area contributed by atoms with Gasteiger partial charge in [-0.2, -0.15) is 10.4 Å². The summed E-state index contributed by atoms with van der Waals surface area (Å²) in [5, 5.41) is 19.4. The SMILES string of the molecule is Cc1n[nH]c(C)c1NCc1cc(C#N)n(C)c1C. The Labute approximate surface area is 106 Å². The number of H-pyrrole nitrogens is 1. The van der Waals surface area contributed by atoms with Gasteiger partial charge in [0.15, 0.2) is 0 Å². The molecule has 2 aromatic rings. The summed E-state index contributed by atoms with van der Waals surface area (Å²) in [6.45, 7) is 6.67. The molecule has 94 valence electrons.